The summed E-state index contributed by atoms with van der Waals surface area (Å²) in [4.78, 5) is 17.6. The first-order valence-electron chi connectivity index (χ1n) is 3.54. The van der Waals surface area contributed by atoms with E-state index in [0.29, 0.717) is 15.5 Å². The number of fused-ring (bicyclic) bond motifs is 1. The number of hydrogen-bond donors (Lipinski definition) is 2. The second kappa shape index (κ2) is 2.85. The van der Waals surface area contributed by atoms with E-state index in [0.717, 1.165) is 0 Å². The number of H-pyrrole nitrogens is 1. The number of aromatic carboxylic acids is 1. The Hall–Kier alpha value is -1.36. The molecular formula is C8H5BrN2O2. The minimum Gasteiger partial charge on any atom is -0.478 e. The third-order valence-electron chi connectivity index (χ3n) is 1.73. The average Bonchev–Trinajstić information content (AvgIpc) is 2.49. The fourth-order valence-electron chi connectivity index (χ4n) is 1.18. The van der Waals surface area contributed by atoms with Gasteiger partial charge >= 0.3 is 5.97 Å². The summed E-state index contributed by atoms with van der Waals surface area (Å²) >= 11 is 3.22. The molecule has 0 spiro atoms. The summed E-state index contributed by atoms with van der Waals surface area (Å²) in [6, 6.07) is 3.31. The molecule has 5 heteroatoms. The molecule has 0 unspecified atom stereocenters. The van der Waals surface area contributed by atoms with Crippen LogP contribution >= 0.6 is 15.9 Å². The fourth-order valence-corrected chi connectivity index (χ4v) is 1.63. The highest BCUT2D eigenvalue weighted by molar-refractivity contribution is 9.10. The van der Waals surface area contributed by atoms with Crippen molar-refractivity contribution in [2.45, 2.75) is 0 Å². The molecule has 0 aliphatic rings. The van der Waals surface area contributed by atoms with Gasteiger partial charge in [-0.3, -0.25) is 0 Å². The summed E-state index contributed by atoms with van der Waals surface area (Å²) in [7, 11) is 0. The first-order chi connectivity index (χ1) is 6.18. The van der Waals surface area contributed by atoms with E-state index < -0.39 is 5.97 Å². The van der Waals surface area contributed by atoms with Gasteiger partial charge in [0.15, 0.2) is 0 Å². The van der Waals surface area contributed by atoms with E-state index in [1.807, 2.05) is 0 Å². The molecule has 0 aliphatic carbocycles. The lowest BCUT2D eigenvalue weighted by molar-refractivity contribution is 0.0699. The molecule has 0 radical (unpaired) electrons. The highest BCUT2D eigenvalue weighted by Gasteiger charge is 2.10. The first-order valence-corrected chi connectivity index (χ1v) is 4.33. The summed E-state index contributed by atoms with van der Waals surface area (Å²) in [5.74, 6) is -0.962. The van der Waals surface area contributed by atoms with Crippen molar-refractivity contribution in [1.29, 1.82) is 0 Å². The number of imidazole rings is 1. The zero-order chi connectivity index (χ0) is 9.42. The number of aromatic nitrogens is 2. The molecule has 2 aromatic rings. The van der Waals surface area contributed by atoms with Gasteiger partial charge < -0.3 is 10.1 Å². The normalized spacial score (nSPS) is 10.5. The van der Waals surface area contributed by atoms with E-state index in [-0.39, 0.29) is 5.56 Å². The lowest BCUT2D eigenvalue weighted by atomic mass is 10.2. The molecule has 13 heavy (non-hydrogen) atoms. The van der Waals surface area contributed by atoms with Crippen molar-refractivity contribution in [3.63, 3.8) is 0 Å². The van der Waals surface area contributed by atoms with Crippen molar-refractivity contribution in [3.05, 3.63) is 28.5 Å². The Morgan fingerprint density at radius 1 is 1.54 bits per heavy atom. The largest absolute Gasteiger partial charge is 0.478 e. The number of nitrogens with one attached hydrogen (secondary N) is 1. The van der Waals surface area contributed by atoms with E-state index in [2.05, 4.69) is 25.9 Å². The van der Waals surface area contributed by atoms with Crippen LogP contribution in [0.1, 0.15) is 10.4 Å². The van der Waals surface area contributed by atoms with Crippen LogP contribution in [0.15, 0.2) is 22.9 Å². The van der Waals surface area contributed by atoms with Gasteiger partial charge in [-0.15, -0.1) is 0 Å². The average molecular weight is 241 g/mol. The number of aromatic amines is 1. The summed E-state index contributed by atoms with van der Waals surface area (Å²) in [6.07, 6.45) is 1.48. The van der Waals surface area contributed by atoms with Crippen molar-refractivity contribution in [2.24, 2.45) is 0 Å². The van der Waals surface area contributed by atoms with E-state index in [9.17, 15) is 4.79 Å². The molecule has 0 aliphatic heterocycles. The van der Waals surface area contributed by atoms with Crippen LogP contribution in [0, 0.1) is 0 Å². The SMILES string of the molecule is O=C(O)c1cc(Br)cc2nc[nH]c12. The van der Waals surface area contributed by atoms with Crippen molar-refractivity contribution < 1.29 is 9.90 Å². The molecule has 0 bridgehead atoms. The Kier molecular flexibility index (Phi) is 1.81. The van der Waals surface area contributed by atoms with Crippen LogP contribution < -0.4 is 0 Å². The molecule has 4 nitrogen and oxygen atoms in total. The molecular weight excluding hydrogens is 236 g/mol. The Balaban J connectivity index is 2.84. The summed E-state index contributed by atoms with van der Waals surface area (Å²) in [5.41, 5.74) is 1.42. The highest BCUT2D eigenvalue weighted by Crippen LogP contribution is 2.21. The molecule has 1 aromatic heterocycles. The van der Waals surface area contributed by atoms with Gasteiger partial charge in [0.2, 0.25) is 0 Å². The lowest BCUT2D eigenvalue weighted by Crippen LogP contribution is -1.97. The van der Waals surface area contributed by atoms with Gasteiger partial charge in [-0.2, -0.15) is 0 Å². The van der Waals surface area contributed by atoms with Crippen LogP contribution in [0.3, 0.4) is 0 Å². The van der Waals surface area contributed by atoms with Gasteiger partial charge in [0.1, 0.15) is 0 Å². The molecule has 1 heterocycles. The zero-order valence-corrected chi connectivity index (χ0v) is 8.00. The van der Waals surface area contributed by atoms with E-state index >= 15 is 0 Å². The van der Waals surface area contributed by atoms with Gasteiger partial charge in [-0.1, -0.05) is 15.9 Å². The maximum absolute atomic E-state index is 10.8. The Bertz CT molecular complexity index is 478. The molecule has 0 amide bonds. The van der Waals surface area contributed by atoms with Crippen LogP contribution in [-0.2, 0) is 0 Å². The monoisotopic (exact) mass is 240 g/mol. The number of rotatable bonds is 1. The number of carboxylic acid groups (broad SMARTS) is 1. The number of hydrogen-bond acceptors (Lipinski definition) is 2. The fraction of sp³-hybridized carbons (Fsp3) is 0. The van der Waals surface area contributed by atoms with Gasteiger partial charge in [-0.25, -0.2) is 9.78 Å². The van der Waals surface area contributed by atoms with Gasteiger partial charge in [-0.05, 0) is 12.1 Å². The smallest absolute Gasteiger partial charge is 0.337 e. The third kappa shape index (κ3) is 1.31. The minimum absolute atomic E-state index is 0.224. The molecule has 0 atom stereocenters. The molecule has 0 saturated carbocycles. The topological polar surface area (TPSA) is 66.0 Å². The highest BCUT2D eigenvalue weighted by atomic mass is 79.9. The second-order valence-electron chi connectivity index (χ2n) is 2.56. The molecule has 0 saturated heterocycles. The van der Waals surface area contributed by atoms with Gasteiger partial charge in [0, 0.05) is 4.47 Å². The molecule has 2 rings (SSSR count). The second-order valence-corrected chi connectivity index (χ2v) is 3.47. The molecule has 2 N–H and O–H groups in total. The summed E-state index contributed by atoms with van der Waals surface area (Å²) in [6.45, 7) is 0. The maximum Gasteiger partial charge on any atom is 0.337 e. The van der Waals surface area contributed by atoms with Crippen molar-refractivity contribution >= 4 is 32.9 Å². The predicted octanol–water partition coefficient (Wildman–Crippen LogP) is 2.02. The van der Waals surface area contributed by atoms with E-state index in [1.54, 1.807) is 12.1 Å². The van der Waals surface area contributed by atoms with E-state index in [1.165, 1.54) is 6.33 Å². The van der Waals surface area contributed by atoms with Crippen LogP contribution in [0.5, 0.6) is 0 Å². The Labute approximate surface area is 81.7 Å². The number of benzene rings is 1. The Morgan fingerprint density at radius 3 is 3.00 bits per heavy atom. The van der Waals surface area contributed by atoms with E-state index in [4.69, 9.17) is 5.11 Å². The van der Waals surface area contributed by atoms with Crippen LogP contribution in [-0.4, -0.2) is 21.0 Å². The zero-order valence-electron chi connectivity index (χ0n) is 6.41. The lowest BCUT2D eigenvalue weighted by Gasteiger charge is -1.97. The third-order valence-corrected chi connectivity index (χ3v) is 2.18. The number of carboxylic acids is 1. The van der Waals surface area contributed by atoms with Crippen LogP contribution in [0.25, 0.3) is 11.0 Å². The summed E-state index contributed by atoms with van der Waals surface area (Å²) in [5, 5.41) is 8.86. The Morgan fingerprint density at radius 2 is 2.31 bits per heavy atom. The molecule has 0 fully saturated rings. The number of carbonyl (C=O) groups is 1. The van der Waals surface area contributed by atoms with Gasteiger partial charge in [0.05, 0.1) is 22.9 Å². The summed E-state index contributed by atoms with van der Waals surface area (Å²) < 4.78 is 0.713. The predicted molar refractivity (Wildman–Crippen MR) is 50.8 cm³/mol. The quantitative estimate of drug-likeness (QED) is 0.802. The minimum atomic E-state index is -0.962. The number of nitrogens with zero attached hydrogens (tertiary/aromatic N) is 1. The van der Waals surface area contributed by atoms with Crippen molar-refractivity contribution in [3.8, 4) is 0 Å². The van der Waals surface area contributed by atoms with Crippen LogP contribution in [0.2, 0.25) is 0 Å². The van der Waals surface area contributed by atoms with Crippen molar-refractivity contribution in [1.82, 2.24) is 9.97 Å². The standard InChI is InChI=1S/C8H5BrN2O2/c9-4-1-5(8(12)13)7-6(2-4)10-3-11-7/h1-3H,(H,10,11)(H,12,13). The van der Waals surface area contributed by atoms with Crippen LogP contribution in [0.4, 0.5) is 0 Å². The maximum atomic E-state index is 10.8. The van der Waals surface area contributed by atoms with Crippen molar-refractivity contribution in [2.75, 3.05) is 0 Å². The van der Waals surface area contributed by atoms with Gasteiger partial charge in [0.25, 0.3) is 0 Å². The molecule has 1 aromatic carbocycles. The first kappa shape index (κ1) is 8.25. The number of halogens is 1. The molecule has 66 valence electrons.